The van der Waals surface area contributed by atoms with Gasteiger partial charge in [0.05, 0.1) is 17.9 Å². The Morgan fingerprint density at radius 1 is 1.38 bits per heavy atom. The minimum Gasteiger partial charge on any atom is -0.383 e. The predicted molar refractivity (Wildman–Crippen MR) is 62.7 cm³/mol. The highest BCUT2D eigenvalue weighted by Gasteiger charge is 2.36. The zero-order valence-corrected chi connectivity index (χ0v) is 10.3. The minimum atomic E-state index is -0.487. The van der Waals surface area contributed by atoms with E-state index in [0.29, 0.717) is 24.4 Å². The van der Waals surface area contributed by atoms with E-state index in [2.05, 4.69) is 15.9 Å². The summed E-state index contributed by atoms with van der Waals surface area (Å²) in [6.07, 6.45) is 0. The Balaban J connectivity index is 2.43. The highest BCUT2D eigenvalue weighted by Crippen LogP contribution is 2.35. The molecule has 0 N–H and O–H groups in total. The molecular weight excluding hydrogens is 274 g/mol. The van der Waals surface area contributed by atoms with E-state index in [9.17, 15) is 9.59 Å². The third kappa shape index (κ3) is 1.66. The molecule has 0 spiro atoms. The number of nitrogens with zero attached hydrogens (tertiary/aromatic N) is 1. The van der Waals surface area contributed by atoms with Gasteiger partial charge in [-0.3, -0.25) is 9.59 Å². The number of carbonyl (C=O) groups excluding carboxylic acids is 2. The molecule has 0 aliphatic carbocycles. The molecule has 16 heavy (non-hydrogen) atoms. The van der Waals surface area contributed by atoms with Crippen LogP contribution in [0.25, 0.3) is 0 Å². The van der Waals surface area contributed by atoms with Crippen LogP contribution in [0.4, 0.5) is 5.69 Å². The summed E-state index contributed by atoms with van der Waals surface area (Å²) < 4.78 is 5.67. The van der Waals surface area contributed by atoms with Crippen LogP contribution in [-0.4, -0.2) is 32.0 Å². The van der Waals surface area contributed by atoms with E-state index in [4.69, 9.17) is 4.74 Å². The second-order valence-corrected chi connectivity index (χ2v) is 4.27. The maximum Gasteiger partial charge on any atom is 0.299 e. The van der Waals surface area contributed by atoms with Gasteiger partial charge in [-0.15, -0.1) is 0 Å². The zero-order chi connectivity index (χ0) is 11.7. The van der Waals surface area contributed by atoms with E-state index in [1.54, 1.807) is 19.2 Å². The summed E-state index contributed by atoms with van der Waals surface area (Å²) in [6, 6.07) is 5.21. The first-order chi connectivity index (χ1) is 7.66. The van der Waals surface area contributed by atoms with Gasteiger partial charge in [0.2, 0.25) is 0 Å². The number of hydrogen-bond acceptors (Lipinski definition) is 3. The summed E-state index contributed by atoms with van der Waals surface area (Å²) in [5.74, 6) is -0.939. The molecule has 1 aromatic carbocycles. The fourth-order valence-corrected chi connectivity index (χ4v) is 2.29. The number of methoxy groups -OCH3 is 1. The number of benzene rings is 1. The van der Waals surface area contributed by atoms with Gasteiger partial charge in [-0.2, -0.15) is 0 Å². The molecule has 5 heteroatoms. The van der Waals surface area contributed by atoms with Gasteiger partial charge >= 0.3 is 0 Å². The molecule has 1 heterocycles. The highest BCUT2D eigenvalue weighted by atomic mass is 79.9. The first-order valence-electron chi connectivity index (χ1n) is 4.80. The molecule has 4 nitrogen and oxygen atoms in total. The van der Waals surface area contributed by atoms with Gasteiger partial charge < -0.3 is 9.64 Å². The predicted octanol–water partition coefficient (Wildman–Crippen LogP) is 1.62. The lowest BCUT2D eigenvalue weighted by molar-refractivity contribution is -0.114. The van der Waals surface area contributed by atoms with Crippen LogP contribution in [0.5, 0.6) is 0 Å². The highest BCUT2D eigenvalue weighted by molar-refractivity contribution is 9.10. The maximum absolute atomic E-state index is 11.7. The van der Waals surface area contributed by atoms with Gasteiger partial charge in [0.25, 0.3) is 11.7 Å². The monoisotopic (exact) mass is 283 g/mol. The van der Waals surface area contributed by atoms with Gasteiger partial charge in [0.1, 0.15) is 0 Å². The summed E-state index contributed by atoms with van der Waals surface area (Å²) in [5.41, 5.74) is 1.10. The van der Waals surface area contributed by atoms with Gasteiger partial charge in [-0.25, -0.2) is 0 Å². The summed E-state index contributed by atoms with van der Waals surface area (Å²) in [6.45, 7) is 0.788. The lowest BCUT2D eigenvalue weighted by Crippen LogP contribution is -2.32. The lowest BCUT2D eigenvalue weighted by atomic mass is 10.1. The molecule has 84 valence electrons. The van der Waals surface area contributed by atoms with Gasteiger partial charge in [0, 0.05) is 18.1 Å². The molecule has 0 fully saturated rings. The van der Waals surface area contributed by atoms with Crippen molar-refractivity contribution >= 4 is 33.3 Å². The number of Topliss-reactive ketones (excluding diaryl/α,β-unsaturated/α-hetero) is 1. The second-order valence-electron chi connectivity index (χ2n) is 3.41. The Labute approximate surface area is 101 Å². The van der Waals surface area contributed by atoms with Crippen molar-refractivity contribution in [3.63, 3.8) is 0 Å². The number of ether oxygens (including phenoxy) is 1. The van der Waals surface area contributed by atoms with Crippen LogP contribution >= 0.6 is 15.9 Å². The average Bonchev–Trinajstić information content (AvgIpc) is 2.52. The van der Waals surface area contributed by atoms with E-state index in [1.807, 2.05) is 6.07 Å². The first kappa shape index (κ1) is 11.3. The van der Waals surface area contributed by atoms with E-state index >= 15 is 0 Å². The summed E-state index contributed by atoms with van der Waals surface area (Å²) >= 11 is 3.35. The average molecular weight is 284 g/mol. The van der Waals surface area contributed by atoms with Crippen molar-refractivity contribution in [3.8, 4) is 0 Å². The van der Waals surface area contributed by atoms with Crippen molar-refractivity contribution in [2.24, 2.45) is 0 Å². The number of halogens is 1. The van der Waals surface area contributed by atoms with Crippen LogP contribution in [0, 0.1) is 0 Å². The number of ketones is 1. The molecular formula is C11H10BrNO3. The number of para-hydroxylation sites is 1. The van der Waals surface area contributed by atoms with Crippen LogP contribution in [0.3, 0.4) is 0 Å². The SMILES string of the molecule is COCCN1C(=O)C(=O)c2cccc(Br)c21. The number of anilines is 1. The van der Waals surface area contributed by atoms with E-state index in [0.717, 1.165) is 4.47 Å². The summed E-state index contributed by atoms with van der Waals surface area (Å²) in [5, 5.41) is 0. The normalized spacial score (nSPS) is 14.5. The van der Waals surface area contributed by atoms with Gasteiger partial charge in [-0.1, -0.05) is 6.07 Å². The van der Waals surface area contributed by atoms with Crippen LogP contribution in [-0.2, 0) is 9.53 Å². The summed E-state index contributed by atoms with van der Waals surface area (Å²) in [4.78, 5) is 24.8. The number of rotatable bonds is 3. The molecule has 1 aliphatic rings. The molecule has 0 aromatic heterocycles. The quantitative estimate of drug-likeness (QED) is 0.792. The third-order valence-electron chi connectivity index (χ3n) is 2.46. The van der Waals surface area contributed by atoms with Crippen molar-refractivity contribution in [3.05, 3.63) is 28.2 Å². The summed E-state index contributed by atoms with van der Waals surface area (Å²) in [7, 11) is 1.56. The van der Waals surface area contributed by atoms with Crippen LogP contribution in [0.1, 0.15) is 10.4 Å². The number of fused-ring (bicyclic) bond motifs is 1. The van der Waals surface area contributed by atoms with Crippen LogP contribution in [0.15, 0.2) is 22.7 Å². The van der Waals surface area contributed by atoms with Crippen molar-refractivity contribution in [1.82, 2.24) is 0 Å². The standard InChI is InChI=1S/C11H10BrNO3/c1-16-6-5-13-9-7(10(14)11(13)15)3-2-4-8(9)12/h2-4H,5-6H2,1H3. The molecule has 1 aromatic rings. The Bertz CT molecular complexity index is 459. The Kier molecular flexibility index (Phi) is 3.07. The van der Waals surface area contributed by atoms with Crippen molar-refractivity contribution < 1.29 is 14.3 Å². The van der Waals surface area contributed by atoms with Gasteiger partial charge in [0.15, 0.2) is 0 Å². The molecule has 0 unspecified atom stereocenters. The Morgan fingerprint density at radius 3 is 2.81 bits per heavy atom. The second kappa shape index (κ2) is 4.35. The third-order valence-corrected chi connectivity index (χ3v) is 3.10. The molecule has 0 saturated carbocycles. The Morgan fingerprint density at radius 2 is 2.12 bits per heavy atom. The molecule has 0 bridgehead atoms. The molecule has 0 saturated heterocycles. The number of hydrogen-bond donors (Lipinski definition) is 0. The molecule has 0 radical (unpaired) electrons. The maximum atomic E-state index is 11.7. The Hall–Kier alpha value is -1.20. The molecule has 2 rings (SSSR count). The smallest absolute Gasteiger partial charge is 0.299 e. The lowest BCUT2D eigenvalue weighted by Gasteiger charge is -2.16. The van der Waals surface area contributed by atoms with Crippen LogP contribution < -0.4 is 4.90 Å². The molecule has 0 atom stereocenters. The van der Waals surface area contributed by atoms with Crippen molar-refractivity contribution in [1.29, 1.82) is 0 Å². The topological polar surface area (TPSA) is 46.6 Å². The first-order valence-corrected chi connectivity index (χ1v) is 5.59. The number of carbonyl (C=O) groups is 2. The molecule has 1 aliphatic heterocycles. The fraction of sp³-hybridized carbons (Fsp3) is 0.273. The van der Waals surface area contributed by atoms with E-state index in [-0.39, 0.29) is 0 Å². The van der Waals surface area contributed by atoms with Gasteiger partial charge in [-0.05, 0) is 28.1 Å². The largest absolute Gasteiger partial charge is 0.383 e. The minimum absolute atomic E-state index is 0.386. The van der Waals surface area contributed by atoms with E-state index < -0.39 is 11.7 Å². The van der Waals surface area contributed by atoms with Crippen LogP contribution in [0.2, 0.25) is 0 Å². The fourth-order valence-electron chi connectivity index (χ4n) is 1.71. The van der Waals surface area contributed by atoms with Crippen molar-refractivity contribution in [2.75, 3.05) is 25.2 Å². The molecule has 1 amide bonds. The van der Waals surface area contributed by atoms with Crippen molar-refractivity contribution in [2.45, 2.75) is 0 Å². The van der Waals surface area contributed by atoms with E-state index in [1.165, 1.54) is 4.90 Å². The zero-order valence-electron chi connectivity index (χ0n) is 8.70. The number of amides is 1.